The Morgan fingerprint density at radius 3 is 2.65 bits per heavy atom. The number of amides is 1. The van der Waals surface area contributed by atoms with Crippen molar-refractivity contribution in [3.8, 4) is 0 Å². The Morgan fingerprint density at radius 2 is 1.96 bits per heavy atom. The summed E-state index contributed by atoms with van der Waals surface area (Å²) in [4.78, 5) is 12.9. The molecule has 0 saturated heterocycles. The van der Waals surface area contributed by atoms with Crippen LogP contribution in [0.25, 0.3) is 22.0 Å². The lowest BCUT2D eigenvalue weighted by Crippen LogP contribution is -2.13. The molecule has 0 saturated carbocycles. The highest BCUT2D eigenvalue weighted by Gasteiger charge is 2.23. The lowest BCUT2D eigenvalue weighted by Gasteiger charge is -2.02. The normalized spacial score (nSPS) is 11.6. The average Bonchev–Trinajstić information content (AvgIpc) is 3.26. The number of nitrogens with zero attached hydrogens (tertiary/aromatic N) is 3. The molecular weight excluding hydrogens is 330 g/mol. The number of hydrogen-bond donors (Lipinski definition) is 2. The van der Waals surface area contributed by atoms with Crippen molar-refractivity contribution < 1.29 is 9.21 Å². The van der Waals surface area contributed by atoms with E-state index in [1.54, 1.807) is 4.68 Å². The van der Waals surface area contributed by atoms with E-state index in [4.69, 9.17) is 4.42 Å². The summed E-state index contributed by atoms with van der Waals surface area (Å²) in [6.07, 6.45) is 0.752. The summed E-state index contributed by atoms with van der Waals surface area (Å²) in [6, 6.07) is 4.05. The highest BCUT2D eigenvalue weighted by molar-refractivity contribution is 6.09. The third-order valence-electron chi connectivity index (χ3n) is 4.88. The number of aromatic nitrogens is 4. The molecule has 4 aromatic rings. The SMILES string of the molecule is CCc1nn(C)c2n[nH]c(NC(=O)c3oc4c(C)ccc(C)c4c3C)c12. The zero-order chi connectivity index (χ0) is 18.6. The van der Waals surface area contributed by atoms with Gasteiger partial charge in [0, 0.05) is 18.0 Å². The van der Waals surface area contributed by atoms with Crippen LogP contribution in [0.3, 0.4) is 0 Å². The predicted octanol–water partition coefficient (Wildman–Crippen LogP) is 3.78. The summed E-state index contributed by atoms with van der Waals surface area (Å²) in [5.74, 6) is 0.569. The second-order valence-corrected chi connectivity index (χ2v) is 6.63. The number of aryl methyl sites for hydroxylation is 5. The molecule has 0 unspecified atom stereocenters. The molecule has 7 nitrogen and oxygen atoms in total. The fourth-order valence-corrected chi connectivity index (χ4v) is 3.52. The molecule has 1 aromatic carbocycles. The van der Waals surface area contributed by atoms with Gasteiger partial charge >= 0.3 is 0 Å². The van der Waals surface area contributed by atoms with Crippen molar-refractivity contribution in [1.82, 2.24) is 20.0 Å². The Balaban J connectivity index is 1.78. The van der Waals surface area contributed by atoms with Crippen molar-refractivity contribution in [2.45, 2.75) is 34.1 Å². The molecule has 2 N–H and O–H groups in total. The number of H-pyrrole nitrogens is 1. The van der Waals surface area contributed by atoms with Crippen LogP contribution in [0.15, 0.2) is 16.5 Å². The number of carbonyl (C=O) groups excluding carboxylic acids is 1. The van der Waals surface area contributed by atoms with Crippen LogP contribution >= 0.6 is 0 Å². The van der Waals surface area contributed by atoms with E-state index in [0.717, 1.165) is 45.2 Å². The largest absolute Gasteiger partial charge is 0.450 e. The van der Waals surface area contributed by atoms with E-state index in [1.807, 2.05) is 46.9 Å². The minimum Gasteiger partial charge on any atom is -0.450 e. The molecule has 0 radical (unpaired) electrons. The summed E-state index contributed by atoms with van der Waals surface area (Å²) < 4.78 is 7.64. The molecule has 134 valence electrons. The molecule has 0 fully saturated rings. The third kappa shape index (κ3) is 2.23. The van der Waals surface area contributed by atoms with Gasteiger partial charge in [0.1, 0.15) is 11.4 Å². The molecule has 26 heavy (non-hydrogen) atoms. The van der Waals surface area contributed by atoms with Crippen LogP contribution in [0.1, 0.15) is 39.9 Å². The van der Waals surface area contributed by atoms with Gasteiger partial charge in [0.15, 0.2) is 11.4 Å². The maximum absolute atomic E-state index is 12.9. The summed E-state index contributed by atoms with van der Waals surface area (Å²) in [7, 11) is 1.84. The van der Waals surface area contributed by atoms with Crippen LogP contribution in [0, 0.1) is 20.8 Å². The van der Waals surface area contributed by atoms with E-state index in [1.165, 1.54) is 0 Å². The lowest BCUT2D eigenvalue weighted by atomic mass is 10.0. The van der Waals surface area contributed by atoms with Gasteiger partial charge in [-0.2, -0.15) is 10.2 Å². The Kier molecular flexibility index (Phi) is 3.61. The molecule has 0 spiro atoms. The zero-order valence-corrected chi connectivity index (χ0v) is 15.5. The van der Waals surface area contributed by atoms with E-state index in [0.29, 0.717) is 17.2 Å². The fraction of sp³-hybridized carbons (Fsp3) is 0.316. The lowest BCUT2D eigenvalue weighted by molar-refractivity contribution is 0.0997. The first-order valence-corrected chi connectivity index (χ1v) is 8.63. The van der Waals surface area contributed by atoms with E-state index in [2.05, 4.69) is 20.6 Å². The number of carbonyl (C=O) groups is 1. The standard InChI is InChI=1S/C19H21N5O2/c1-6-12-14-17(21-22-18(14)24(5)23-12)20-19(25)16-11(4)13-9(2)7-8-10(3)15(13)26-16/h7-8H,6H2,1-5H3,(H2,20,21,22,25). The number of furan rings is 1. The van der Waals surface area contributed by atoms with Crippen molar-refractivity contribution in [3.05, 3.63) is 40.3 Å². The number of aromatic amines is 1. The molecule has 0 atom stereocenters. The molecule has 1 amide bonds. The Labute approximate surface area is 150 Å². The van der Waals surface area contributed by atoms with Crippen molar-refractivity contribution >= 4 is 33.7 Å². The molecule has 0 aliphatic carbocycles. The first kappa shape index (κ1) is 16.4. The van der Waals surface area contributed by atoms with Crippen molar-refractivity contribution in [2.24, 2.45) is 7.05 Å². The van der Waals surface area contributed by atoms with Crippen LogP contribution < -0.4 is 5.32 Å². The summed E-state index contributed by atoms with van der Waals surface area (Å²) >= 11 is 0. The van der Waals surface area contributed by atoms with Crippen LogP contribution in [-0.4, -0.2) is 25.9 Å². The second-order valence-electron chi connectivity index (χ2n) is 6.63. The summed E-state index contributed by atoms with van der Waals surface area (Å²) in [5, 5.41) is 16.3. The zero-order valence-electron chi connectivity index (χ0n) is 15.5. The third-order valence-corrected chi connectivity index (χ3v) is 4.88. The quantitative estimate of drug-likeness (QED) is 0.588. The summed E-state index contributed by atoms with van der Waals surface area (Å²) in [5.41, 5.74) is 5.31. The van der Waals surface area contributed by atoms with Gasteiger partial charge in [0.2, 0.25) is 0 Å². The highest BCUT2D eigenvalue weighted by atomic mass is 16.3. The Hall–Kier alpha value is -3.09. The van der Waals surface area contributed by atoms with E-state index >= 15 is 0 Å². The molecule has 3 aromatic heterocycles. The molecular formula is C19H21N5O2. The van der Waals surface area contributed by atoms with Crippen LogP contribution in [-0.2, 0) is 13.5 Å². The number of nitrogens with one attached hydrogen (secondary N) is 2. The van der Waals surface area contributed by atoms with Gasteiger partial charge in [-0.05, 0) is 38.3 Å². The van der Waals surface area contributed by atoms with Crippen LogP contribution in [0.5, 0.6) is 0 Å². The topological polar surface area (TPSA) is 88.7 Å². The van der Waals surface area contributed by atoms with Gasteiger partial charge in [-0.1, -0.05) is 19.1 Å². The minimum atomic E-state index is -0.297. The molecule has 4 rings (SSSR count). The number of anilines is 1. The van der Waals surface area contributed by atoms with Gasteiger partial charge in [0.05, 0.1) is 11.1 Å². The monoisotopic (exact) mass is 351 g/mol. The van der Waals surface area contributed by atoms with Gasteiger partial charge in [0.25, 0.3) is 5.91 Å². The van der Waals surface area contributed by atoms with E-state index in [9.17, 15) is 4.79 Å². The Bertz CT molecular complexity index is 1160. The van der Waals surface area contributed by atoms with E-state index in [-0.39, 0.29) is 5.91 Å². The second kappa shape index (κ2) is 5.72. The maximum Gasteiger partial charge on any atom is 0.292 e. The summed E-state index contributed by atoms with van der Waals surface area (Å²) in [6.45, 7) is 7.94. The fourth-order valence-electron chi connectivity index (χ4n) is 3.52. The molecule has 0 aliphatic heterocycles. The molecule has 0 bridgehead atoms. The molecule has 3 heterocycles. The Morgan fingerprint density at radius 1 is 1.23 bits per heavy atom. The first-order valence-electron chi connectivity index (χ1n) is 8.63. The van der Waals surface area contributed by atoms with Crippen LogP contribution in [0.4, 0.5) is 5.82 Å². The predicted molar refractivity (Wildman–Crippen MR) is 101 cm³/mol. The van der Waals surface area contributed by atoms with E-state index < -0.39 is 0 Å². The highest BCUT2D eigenvalue weighted by Crippen LogP contribution is 2.31. The molecule has 0 aliphatic rings. The number of rotatable bonds is 3. The smallest absolute Gasteiger partial charge is 0.292 e. The molecule has 7 heteroatoms. The maximum atomic E-state index is 12.9. The van der Waals surface area contributed by atoms with Crippen molar-refractivity contribution in [1.29, 1.82) is 0 Å². The first-order chi connectivity index (χ1) is 12.4. The number of fused-ring (bicyclic) bond motifs is 2. The average molecular weight is 351 g/mol. The van der Waals surface area contributed by atoms with Gasteiger partial charge < -0.3 is 9.73 Å². The van der Waals surface area contributed by atoms with Gasteiger partial charge in [-0.3, -0.25) is 9.89 Å². The van der Waals surface area contributed by atoms with Crippen molar-refractivity contribution in [3.63, 3.8) is 0 Å². The minimum absolute atomic E-state index is 0.297. The van der Waals surface area contributed by atoms with Crippen molar-refractivity contribution in [2.75, 3.05) is 5.32 Å². The van der Waals surface area contributed by atoms with Gasteiger partial charge in [-0.25, -0.2) is 4.68 Å². The number of benzene rings is 1. The number of hydrogen-bond acceptors (Lipinski definition) is 4. The van der Waals surface area contributed by atoms with Gasteiger partial charge in [-0.15, -0.1) is 0 Å². The van der Waals surface area contributed by atoms with Crippen LogP contribution in [0.2, 0.25) is 0 Å².